The number of aromatic nitrogens is 3. The van der Waals surface area contributed by atoms with Crippen LogP contribution in [-0.4, -0.2) is 113 Å². The molecule has 0 radical (unpaired) electrons. The van der Waals surface area contributed by atoms with Crippen molar-refractivity contribution in [2.75, 3.05) is 57.8 Å². The quantitative estimate of drug-likeness (QED) is 0.143. The van der Waals surface area contributed by atoms with Crippen molar-refractivity contribution in [2.45, 2.75) is 91.8 Å². The van der Waals surface area contributed by atoms with Gasteiger partial charge in [0.1, 0.15) is 6.33 Å². The number of fused-ring (bicyclic) bond motifs is 1. The molecule has 2 aromatic rings. The van der Waals surface area contributed by atoms with E-state index in [4.69, 9.17) is 18.9 Å². The number of halogens is 1. The Balaban J connectivity index is 1.34. The number of hydrogen-bond donors (Lipinski definition) is 1. The van der Waals surface area contributed by atoms with Crippen molar-refractivity contribution < 1.29 is 37.7 Å². The molecule has 1 aromatic carbocycles. The molecule has 0 bridgehead atoms. The topological polar surface area (TPSA) is 149 Å². The SMILES string of the molecule is CCN(C(=O)c1cc(F)c2c(c1Oc1nncnc1N1CCC3(C1)CN(C(CCCNCCC(C)(C)OC)C(C)C)C3)OC(=O)/C=C/C(=O)O2)C(C)C. The standard InChI is InChI=1S/C38H54FN7O7/c1-9-46(25(4)5)36(49)26-19-27(39)32-33(52-30(48)13-12-29(47)51-32)31(26)53-35-34(41-23-42-43-35)44-18-15-38(20-44)21-45(22-38)28(24(2)3)11-10-16-40-17-14-37(6,7)50-8/h12-13,19,23-25,28,40H,9-11,14-18,20-22H2,1-8H3/b13-12+. The largest absolute Gasteiger partial charge is 0.430 e. The van der Waals surface area contributed by atoms with E-state index in [2.05, 4.69) is 58.0 Å². The van der Waals surface area contributed by atoms with Crippen molar-refractivity contribution in [3.05, 3.63) is 35.9 Å². The maximum atomic E-state index is 15.6. The van der Waals surface area contributed by atoms with Gasteiger partial charge in [-0.05, 0) is 85.4 Å². The monoisotopic (exact) mass is 739 g/mol. The number of anilines is 1. The minimum Gasteiger partial charge on any atom is -0.430 e. The van der Waals surface area contributed by atoms with E-state index in [1.165, 1.54) is 11.2 Å². The summed E-state index contributed by atoms with van der Waals surface area (Å²) in [5, 5.41) is 11.7. The van der Waals surface area contributed by atoms with Crippen LogP contribution in [0.1, 0.15) is 84.5 Å². The highest BCUT2D eigenvalue weighted by Crippen LogP contribution is 2.48. The fourth-order valence-corrected chi connectivity index (χ4v) is 7.40. The van der Waals surface area contributed by atoms with Gasteiger partial charge in [-0.15, -0.1) is 10.2 Å². The molecule has 2 fully saturated rings. The van der Waals surface area contributed by atoms with Crippen molar-refractivity contribution in [2.24, 2.45) is 11.3 Å². The molecule has 1 unspecified atom stereocenters. The zero-order chi connectivity index (χ0) is 38.5. The lowest BCUT2D eigenvalue weighted by Crippen LogP contribution is -2.62. The Morgan fingerprint density at radius 3 is 2.43 bits per heavy atom. The average Bonchev–Trinajstić information content (AvgIpc) is 3.54. The molecule has 1 N–H and O–H groups in total. The lowest BCUT2D eigenvalue weighted by Gasteiger charge is -2.53. The van der Waals surface area contributed by atoms with Gasteiger partial charge in [-0.1, -0.05) is 13.8 Å². The number of carbonyl (C=O) groups excluding carboxylic acids is 3. The molecule has 53 heavy (non-hydrogen) atoms. The van der Waals surface area contributed by atoms with Crippen molar-refractivity contribution in [1.82, 2.24) is 30.3 Å². The number of methoxy groups -OCH3 is 1. The molecule has 4 heterocycles. The smallest absolute Gasteiger partial charge is 0.336 e. The molecule has 15 heteroatoms. The number of rotatable bonds is 16. The van der Waals surface area contributed by atoms with Gasteiger partial charge in [0.2, 0.25) is 11.5 Å². The molecule has 0 aliphatic carbocycles. The number of carbonyl (C=O) groups is 3. The van der Waals surface area contributed by atoms with Gasteiger partial charge >= 0.3 is 11.9 Å². The van der Waals surface area contributed by atoms with Gasteiger partial charge in [0.15, 0.2) is 17.4 Å². The van der Waals surface area contributed by atoms with E-state index in [1.54, 1.807) is 14.0 Å². The number of nitrogens with zero attached hydrogens (tertiary/aromatic N) is 6. The van der Waals surface area contributed by atoms with Crippen LogP contribution < -0.4 is 24.4 Å². The minimum absolute atomic E-state index is 0.0562. The van der Waals surface area contributed by atoms with E-state index >= 15 is 4.39 Å². The first-order valence-corrected chi connectivity index (χ1v) is 18.6. The lowest BCUT2D eigenvalue weighted by atomic mass is 9.76. The molecule has 3 aliphatic heterocycles. The Hall–Kier alpha value is -4.21. The van der Waals surface area contributed by atoms with Crippen LogP contribution >= 0.6 is 0 Å². The summed E-state index contributed by atoms with van der Waals surface area (Å²) in [5.74, 6) is -4.42. The first-order chi connectivity index (χ1) is 25.2. The van der Waals surface area contributed by atoms with Crippen LogP contribution in [0, 0.1) is 17.2 Å². The predicted molar refractivity (Wildman–Crippen MR) is 196 cm³/mol. The zero-order valence-electron chi connectivity index (χ0n) is 32.2. The number of esters is 2. The molecule has 1 aromatic heterocycles. The van der Waals surface area contributed by atoms with E-state index in [0.717, 1.165) is 70.1 Å². The summed E-state index contributed by atoms with van der Waals surface area (Å²) in [6.45, 7) is 19.7. The van der Waals surface area contributed by atoms with E-state index in [-0.39, 0.29) is 34.3 Å². The van der Waals surface area contributed by atoms with Crippen molar-refractivity contribution in [3.8, 4) is 23.1 Å². The minimum atomic E-state index is -1.08. The van der Waals surface area contributed by atoms with E-state index in [9.17, 15) is 14.4 Å². The van der Waals surface area contributed by atoms with Crippen LogP contribution in [0.4, 0.5) is 10.2 Å². The number of likely N-dealkylation sites (tertiary alicyclic amines) is 1. The number of amides is 1. The molecule has 1 atom stereocenters. The molecule has 0 saturated carbocycles. The lowest BCUT2D eigenvalue weighted by molar-refractivity contribution is -0.133. The van der Waals surface area contributed by atoms with Crippen LogP contribution in [0.25, 0.3) is 0 Å². The summed E-state index contributed by atoms with van der Waals surface area (Å²) < 4.78 is 38.0. The summed E-state index contributed by atoms with van der Waals surface area (Å²) in [6, 6.07) is 1.13. The highest BCUT2D eigenvalue weighted by Gasteiger charge is 2.50. The van der Waals surface area contributed by atoms with Gasteiger partial charge < -0.3 is 34.1 Å². The second-order valence-corrected chi connectivity index (χ2v) is 15.4. The van der Waals surface area contributed by atoms with Crippen LogP contribution in [0.5, 0.6) is 23.1 Å². The summed E-state index contributed by atoms with van der Waals surface area (Å²) in [6.07, 6.45) is 7.07. The Bertz CT molecular complexity index is 1680. The summed E-state index contributed by atoms with van der Waals surface area (Å²) in [7, 11) is 1.75. The van der Waals surface area contributed by atoms with Crippen LogP contribution in [0.15, 0.2) is 24.5 Å². The van der Waals surface area contributed by atoms with Crippen LogP contribution in [-0.2, 0) is 14.3 Å². The molecule has 2 saturated heterocycles. The molecular formula is C38H54FN7O7. The third-order valence-corrected chi connectivity index (χ3v) is 10.5. The van der Waals surface area contributed by atoms with E-state index < -0.39 is 35.2 Å². The second kappa shape index (κ2) is 16.9. The van der Waals surface area contributed by atoms with Gasteiger partial charge in [0.25, 0.3) is 11.8 Å². The fraction of sp³-hybridized carbons (Fsp3) is 0.632. The maximum Gasteiger partial charge on any atom is 0.336 e. The Morgan fingerprint density at radius 2 is 1.79 bits per heavy atom. The maximum absolute atomic E-state index is 15.6. The fourth-order valence-electron chi connectivity index (χ4n) is 7.40. The van der Waals surface area contributed by atoms with Crippen molar-refractivity contribution in [1.29, 1.82) is 0 Å². The average molecular weight is 740 g/mol. The third kappa shape index (κ3) is 9.30. The van der Waals surface area contributed by atoms with Crippen molar-refractivity contribution in [3.63, 3.8) is 0 Å². The van der Waals surface area contributed by atoms with E-state index in [1.807, 2.05) is 13.8 Å². The summed E-state index contributed by atoms with van der Waals surface area (Å²) in [4.78, 5) is 49.5. The first-order valence-electron chi connectivity index (χ1n) is 18.6. The number of nitrogens with one attached hydrogen (secondary N) is 1. The van der Waals surface area contributed by atoms with Crippen LogP contribution in [0.2, 0.25) is 0 Å². The zero-order valence-corrected chi connectivity index (χ0v) is 32.2. The molecule has 290 valence electrons. The molecule has 14 nitrogen and oxygen atoms in total. The normalized spacial score (nSPS) is 18.3. The highest BCUT2D eigenvalue weighted by molar-refractivity contribution is 6.01. The second-order valence-electron chi connectivity index (χ2n) is 15.4. The molecule has 3 aliphatic rings. The summed E-state index contributed by atoms with van der Waals surface area (Å²) in [5.41, 5.74) is -0.318. The molecular weight excluding hydrogens is 685 g/mol. The van der Waals surface area contributed by atoms with Crippen molar-refractivity contribution >= 4 is 23.7 Å². The highest BCUT2D eigenvalue weighted by atomic mass is 19.1. The first kappa shape index (κ1) is 40.0. The third-order valence-electron chi connectivity index (χ3n) is 10.5. The molecule has 1 amide bonds. The number of benzene rings is 1. The number of ether oxygens (including phenoxy) is 4. The van der Waals surface area contributed by atoms with E-state index in [0.29, 0.717) is 37.4 Å². The Labute approximate surface area is 311 Å². The summed E-state index contributed by atoms with van der Waals surface area (Å²) >= 11 is 0. The van der Waals surface area contributed by atoms with Gasteiger partial charge in [-0.3, -0.25) is 9.69 Å². The van der Waals surface area contributed by atoms with Gasteiger partial charge in [0.05, 0.1) is 11.2 Å². The number of hydrogen-bond acceptors (Lipinski definition) is 13. The Kier molecular flexibility index (Phi) is 12.7. The van der Waals surface area contributed by atoms with Gasteiger partial charge in [-0.25, -0.2) is 19.0 Å². The molecule has 1 spiro atoms. The van der Waals surface area contributed by atoms with Gasteiger partial charge in [-0.2, -0.15) is 0 Å². The predicted octanol–water partition coefficient (Wildman–Crippen LogP) is 4.78. The van der Waals surface area contributed by atoms with Crippen LogP contribution in [0.3, 0.4) is 0 Å². The Morgan fingerprint density at radius 1 is 1.09 bits per heavy atom. The molecule has 5 rings (SSSR count). The van der Waals surface area contributed by atoms with Gasteiger partial charge in [0, 0.05) is 69.5 Å².